The Morgan fingerprint density at radius 1 is 1.61 bits per heavy atom. The van der Waals surface area contributed by atoms with Crippen molar-refractivity contribution < 1.29 is 0 Å². The molecule has 0 aliphatic rings. The summed E-state index contributed by atoms with van der Waals surface area (Å²) in [7, 11) is 2.12. The topological polar surface area (TPSA) is 66.0 Å². The standard InChI is InChI=1S/C13H22N4S/c1-10(5-7-18-3)17(2)9-11-4-6-16-12(8-11)13(14)15/h4,6,8,10H,5,7,9H2,1-3H3,(H3,14,15). The number of pyridine rings is 1. The fourth-order valence-electron chi connectivity index (χ4n) is 1.67. The molecule has 3 N–H and O–H groups in total. The molecular weight excluding hydrogens is 244 g/mol. The third kappa shape index (κ3) is 4.66. The van der Waals surface area contributed by atoms with Crippen LogP contribution in [0.2, 0.25) is 0 Å². The van der Waals surface area contributed by atoms with Crippen LogP contribution in [0.4, 0.5) is 0 Å². The van der Waals surface area contributed by atoms with E-state index in [1.54, 1.807) is 6.20 Å². The first-order chi connectivity index (χ1) is 8.54. The molecule has 0 saturated heterocycles. The van der Waals surface area contributed by atoms with E-state index in [9.17, 15) is 0 Å². The first-order valence-electron chi connectivity index (χ1n) is 6.03. The van der Waals surface area contributed by atoms with Crippen LogP contribution >= 0.6 is 11.8 Å². The first-order valence-corrected chi connectivity index (χ1v) is 7.42. The molecule has 1 atom stereocenters. The van der Waals surface area contributed by atoms with Crippen molar-refractivity contribution in [2.24, 2.45) is 5.73 Å². The van der Waals surface area contributed by atoms with E-state index in [2.05, 4.69) is 30.1 Å². The Hall–Kier alpha value is -1.07. The maximum absolute atomic E-state index is 7.39. The molecule has 100 valence electrons. The third-order valence-corrected chi connectivity index (χ3v) is 3.67. The van der Waals surface area contributed by atoms with Crippen molar-refractivity contribution >= 4 is 17.6 Å². The van der Waals surface area contributed by atoms with Gasteiger partial charge in [-0.05, 0) is 50.1 Å². The van der Waals surface area contributed by atoms with Gasteiger partial charge in [-0.1, -0.05) is 0 Å². The highest BCUT2D eigenvalue weighted by Crippen LogP contribution is 2.11. The SMILES string of the molecule is CSCCC(C)N(C)Cc1ccnc(C(=N)N)c1. The summed E-state index contributed by atoms with van der Waals surface area (Å²) in [4.78, 5) is 6.38. The summed E-state index contributed by atoms with van der Waals surface area (Å²) in [5, 5.41) is 7.39. The van der Waals surface area contributed by atoms with E-state index >= 15 is 0 Å². The van der Waals surface area contributed by atoms with Gasteiger partial charge in [0.15, 0.2) is 0 Å². The molecule has 0 spiro atoms. The van der Waals surface area contributed by atoms with Crippen LogP contribution in [0.3, 0.4) is 0 Å². The van der Waals surface area contributed by atoms with Crippen molar-refractivity contribution in [2.75, 3.05) is 19.1 Å². The molecule has 0 radical (unpaired) electrons. The van der Waals surface area contributed by atoms with Gasteiger partial charge in [-0.3, -0.25) is 15.3 Å². The smallest absolute Gasteiger partial charge is 0.141 e. The minimum absolute atomic E-state index is 0.0231. The molecular formula is C13H22N4S. The molecule has 1 aromatic heterocycles. The van der Waals surface area contributed by atoms with Crippen molar-refractivity contribution in [3.63, 3.8) is 0 Å². The molecule has 1 unspecified atom stereocenters. The Labute approximate surface area is 113 Å². The van der Waals surface area contributed by atoms with E-state index in [1.807, 2.05) is 23.9 Å². The van der Waals surface area contributed by atoms with Gasteiger partial charge >= 0.3 is 0 Å². The van der Waals surface area contributed by atoms with Gasteiger partial charge in [-0.2, -0.15) is 11.8 Å². The molecule has 0 amide bonds. The average Bonchev–Trinajstić information content (AvgIpc) is 2.36. The minimum Gasteiger partial charge on any atom is -0.382 e. The molecule has 1 heterocycles. The number of amidine groups is 1. The summed E-state index contributed by atoms with van der Waals surface area (Å²) >= 11 is 1.88. The van der Waals surface area contributed by atoms with Crippen LogP contribution in [0.5, 0.6) is 0 Å². The van der Waals surface area contributed by atoms with Crippen molar-refractivity contribution in [3.8, 4) is 0 Å². The van der Waals surface area contributed by atoms with Gasteiger partial charge in [0.05, 0.1) is 0 Å². The van der Waals surface area contributed by atoms with Crippen LogP contribution in [0, 0.1) is 5.41 Å². The first kappa shape index (κ1) is 15.0. The van der Waals surface area contributed by atoms with Crippen molar-refractivity contribution in [1.29, 1.82) is 5.41 Å². The molecule has 0 aliphatic heterocycles. The Balaban J connectivity index is 2.60. The molecule has 1 rings (SSSR count). The zero-order valence-corrected chi connectivity index (χ0v) is 12.1. The van der Waals surface area contributed by atoms with E-state index in [1.165, 1.54) is 12.2 Å². The summed E-state index contributed by atoms with van der Waals surface area (Å²) in [6.45, 7) is 3.10. The minimum atomic E-state index is 0.0231. The van der Waals surface area contributed by atoms with E-state index in [0.717, 1.165) is 12.1 Å². The predicted octanol–water partition coefficient (Wildman–Crippen LogP) is 1.94. The molecule has 5 heteroatoms. The van der Waals surface area contributed by atoms with Crippen LogP contribution in [-0.2, 0) is 6.54 Å². The second-order valence-electron chi connectivity index (χ2n) is 4.51. The lowest BCUT2D eigenvalue weighted by atomic mass is 10.1. The van der Waals surface area contributed by atoms with E-state index in [-0.39, 0.29) is 5.84 Å². The highest BCUT2D eigenvalue weighted by molar-refractivity contribution is 7.98. The van der Waals surface area contributed by atoms with Gasteiger partial charge in [0.25, 0.3) is 0 Å². The lowest BCUT2D eigenvalue weighted by Crippen LogP contribution is -2.29. The average molecular weight is 266 g/mol. The molecule has 4 nitrogen and oxygen atoms in total. The quantitative estimate of drug-likeness (QED) is 0.585. The number of nitrogens with zero attached hydrogens (tertiary/aromatic N) is 2. The number of nitrogen functional groups attached to an aromatic ring is 1. The summed E-state index contributed by atoms with van der Waals surface area (Å²) < 4.78 is 0. The number of hydrogen-bond acceptors (Lipinski definition) is 4. The maximum Gasteiger partial charge on any atom is 0.141 e. The fourth-order valence-corrected chi connectivity index (χ4v) is 2.25. The van der Waals surface area contributed by atoms with Gasteiger partial charge in [0.2, 0.25) is 0 Å². The van der Waals surface area contributed by atoms with Gasteiger partial charge in [-0.25, -0.2) is 0 Å². The van der Waals surface area contributed by atoms with Gasteiger partial charge in [0.1, 0.15) is 11.5 Å². The van der Waals surface area contributed by atoms with Crippen molar-refractivity contribution in [2.45, 2.75) is 25.9 Å². The summed E-state index contributed by atoms with van der Waals surface area (Å²) in [6, 6.07) is 4.41. The molecule has 1 aromatic rings. The lowest BCUT2D eigenvalue weighted by Gasteiger charge is -2.24. The van der Waals surface area contributed by atoms with Crippen molar-refractivity contribution in [1.82, 2.24) is 9.88 Å². The molecule has 18 heavy (non-hydrogen) atoms. The summed E-state index contributed by atoms with van der Waals surface area (Å²) in [5.41, 5.74) is 7.14. The lowest BCUT2D eigenvalue weighted by molar-refractivity contribution is 0.245. The summed E-state index contributed by atoms with van der Waals surface area (Å²) in [6.07, 6.45) is 5.03. The zero-order chi connectivity index (χ0) is 13.5. The third-order valence-electron chi connectivity index (χ3n) is 3.02. The zero-order valence-electron chi connectivity index (χ0n) is 11.3. The Bertz CT molecular complexity index is 394. The van der Waals surface area contributed by atoms with Gasteiger partial charge in [0, 0.05) is 18.8 Å². The van der Waals surface area contributed by atoms with Crippen LogP contribution in [0.15, 0.2) is 18.3 Å². The van der Waals surface area contributed by atoms with E-state index in [0.29, 0.717) is 11.7 Å². The van der Waals surface area contributed by atoms with Crippen molar-refractivity contribution in [3.05, 3.63) is 29.6 Å². The van der Waals surface area contributed by atoms with Crippen LogP contribution in [0.25, 0.3) is 0 Å². The fraction of sp³-hybridized carbons (Fsp3) is 0.538. The molecule has 0 fully saturated rings. The van der Waals surface area contributed by atoms with E-state index in [4.69, 9.17) is 11.1 Å². The number of hydrogen-bond donors (Lipinski definition) is 2. The Kier molecular flexibility index (Phi) is 6.15. The number of thioether (sulfide) groups is 1. The number of nitrogens with two attached hydrogens (primary N) is 1. The number of aromatic nitrogens is 1. The molecule has 0 aromatic carbocycles. The second-order valence-corrected chi connectivity index (χ2v) is 5.49. The Morgan fingerprint density at radius 3 is 2.94 bits per heavy atom. The summed E-state index contributed by atoms with van der Waals surface area (Å²) in [5.74, 6) is 1.20. The maximum atomic E-state index is 7.39. The number of nitrogens with one attached hydrogen (secondary N) is 1. The highest BCUT2D eigenvalue weighted by atomic mass is 32.2. The predicted molar refractivity (Wildman–Crippen MR) is 79.2 cm³/mol. The largest absolute Gasteiger partial charge is 0.382 e. The molecule has 0 saturated carbocycles. The molecule has 0 bridgehead atoms. The van der Waals surface area contributed by atoms with Gasteiger partial charge in [-0.15, -0.1) is 0 Å². The van der Waals surface area contributed by atoms with Gasteiger partial charge < -0.3 is 5.73 Å². The van der Waals surface area contributed by atoms with Crippen LogP contribution in [0.1, 0.15) is 24.6 Å². The second kappa shape index (κ2) is 7.38. The Morgan fingerprint density at radius 2 is 2.33 bits per heavy atom. The normalized spacial score (nSPS) is 12.7. The van der Waals surface area contributed by atoms with Crippen LogP contribution < -0.4 is 5.73 Å². The monoisotopic (exact) mass is 266 g/mol. The van der Waals surface area contributed by atoms with Crippen LogP contribution in [-0.4, -0.2) is 40.8 Å². The number of rotatable bonds is 7. The molecule has 0 aliphatic carbocycles. The highest BCUT2D eigenvalue weighted by Gasteiger charge is 2.10. The van der Waals surface area contributed by atoms with E-state index < -0.39 is 0 Å².